The fourth-order valence-corrected chi connectivity index (χ4v) is 1.93. The highest BCUT2D eigenvalue weighted by Gasteiger charge is 2.17. The number of benzene rings is 1. The van der Waals surface area contributed by atoms with E-state index in [1.165, 1.54) is 0 Å². The molecule has 0 aliphatic carbocycles. The van der Waals surface area contributed by atoms with Crippen molar-refractivity contribution >= 4 is 29.2 Å². The molecule has 1 aromatic rings. The second kappa shape index (κ2) is 7.87. The Labute approximate surface area is 123 Å². The van der Waals surface area contributed by atoms with Crippen LogP contribution >= 0.6 is 11.6 Å². The molecule has 0 aromatic heterocycles. The lowest BCUT2D eigenvalue weighted by atomic mass is 10.1. The number of anilines is 1. The van der Waals surface area contributed by atoms with E-state index < -0.39 is 12.0 Å². The average Bonchev–Trinajstić information content (AvgIpc) is 2.39. The molecule has 0 bridgehead atoms. The van der Waals surface area contributed by atoms with Crippen LogP contribution in [0.4, 0.5) is 5.69 Å². The normalized spacial score (nSPS) is 11.9. The van der Waals surface area contributed by atoms with Crippen LogP contribution in [0.1, 0.15) is 25.3 Å². The van der Waals surface area contributed by atoms with Crippen molar-refractivity contribution in [1.29, 1.82) is 0 Å². The Kier molecular flexibility index (Phi) is 6.48. The number of carboxylic acid groups (broad SMARTS) is 1. The average molecular weight is 299 g/mol. The summed E-state index contributed by atoms with van der Waals surface area (Å²) in [6, 6.07) is 4.54. The van der Waals surface area contributed by atoms with Gasteiger partial charge in [-0.2, -0.15) is 0 Å². The van der Waals surface area contributed by atoms with Gasteiger partial charge in [0, 0.05) is 10.7 Å². The van der Waals surface area contributed by atoms with Gasteiger partial charge in [0.2, 0.25) is 5.91 Å². The third-order valence-corrected chi connectivity index (χ3v) is 3.34. The van der Waals surface area contributed by atoms with Crippen LogP contribution in [0, 0.1) is 6.92 Å². The third-order valence-electron chi connectivity index (χ3n) is 2.93. The summed E-state index contributed by atoms with van der Waals surface area (Å²) in [6.45, 7) is 3.65. The molecule has 3 N–H and O–H groups in total. The predicted molar refractivity (Wildman–Crippen MR) is 79.2 cm³/mol. The van der Waals surface area contributed by atoms with Crippen LogP contribution in [0.3, 0.4) is 0 Å². The molecule has 0 saturated heterocycles. The van der Waals surface area contributed by atoms with Crippen LogP contribution in [0.5, 0.6) is 0 Å². The smallest absolute Gasteiger partial charge is 0.320 e. The van der Waals surface area contributed by atoms with Crippen molar-refractivity contribution in [3.8, 4) is 0 Å². The highest BCUT2D eigenvalue weighted by Crippen LogP contribution is 2.22. The first kappa shape index (κ1) is 16.5. The molecule has 0 saturated carbocycles. The van der Waals surface area contributed by atoms with Crippen LogP contribution in [-0.2, 0) is 9.59 Å². The lowest BCUT2D eigenvalue weighted by molar-refractivity contribution is -0.139. The molecule has 1 atom stereocenters. The molecule has 1 amide bonds. The predicted octanol–water partition coefficient (Wildman–Crippen LogP) is 2.43. The van der Waals surface area contributed by atoms with Crippen molar-refractivity contribution in [2.24, 2.45) is 0 Å². The van der Waals surface area contributed by atoms with Crippen molar-refractivity contribution in [2.45, 2.75) is 32.7 Å². The van der Waals surface area contributed by atoms with E-state index in [4.69, 9.17) is 16.7 Å². The van der Waals surface area contributed by atoms with Crippen molar-refractivity contribution in [2.75, 3.05) is 11.9 Å². The van der Waals surface area contributed by atoms with Gasteiger partial charge in [-0.3, -0.25) is 14.9 Å². The Bertz CT molecular complexity index is 491. The highest BCUT2D eigenvalue weighted by molar-refractivity contribution is 6.31. The first-order chi connectivity index (χ1) is 9.45. The lowest BCUT2D eigenvalue weighted by Crippen LogP contribution is -2.41. The van der Waals surface area contributed by atoms with Crippen LogP contribution < -0.4 is 10.6 Å². The number of hydrogen-bond donors (Lipinski definition) is 3. The van der Waals surface area contributed by atoms with Crippen molar-refractivity contribution < 1.29 is 14.7 Å². The summed E-state index contributed by atoms with van der Waals surface area (Å²) < 4.78 is 0. The fraction of sp³-hybridized carbons (Fsp3) is 0.429. The van der Waals surface area contributed by atoms with Gasteiger partial charge in [0.05, 0.1) is 6.54 Å². The summed E-state index contributed by atoms with van der Waals surface area (Å²) in [5, 5.41) is 15.0. The van der Waals surface area contributed by atoms with Crippen LogP contribution in [0.15, 0.2) is 18.2 Å². The molecule has 110 valence electrons. The molecule has 0 aliphatic rings. The van der Waals surface area contributed by atoms with Gasteiger partial charge in [-0.25, -0.2) is 0 Å². The number of rotatable bonds is 7. The van der Waals surface area contributed by atoms with Crippen LogP contribution in [0.25, 0.3) is 0 Å². The second-order valence-electron chi connectivity index (χ2n) is 4.52. The Morgan fingerprint density at radius 3 is 2.70 bits per heavy atom. The molecule has 0 heterocycles. The van der Waals surface area contributed by atoms with Gasteiger partial charge in [-0.05, 0) is 31.0 Å². The van der Waals surface area contributed by atoms with Gasteiger partial charge < -0.3 is 10.4 Å². The number of halogens is 1. The number of aliphatic carboxylic acids is 1. The molecule has 0 aliphatic heterocycles. The molecule has 1 rings (SSSR count). The van der Waals surface area contributed by atoms with Crippen molar-refractivity contribution in [3.63, 3.8) is 0 Å². The minimum atomic E-state index is -0.946. The van der Waals surface area contributed by atoms with E-state index >= 15 is 0 Å². The molecule has 1 unspecified atom stereocenters. The first-order valence-electron chi connectivity index (χ1n) is 6.46. The van der Waals surface area contributed by atoms with Crippen LogP contribution in [0.2, 0.25) is 5.02 Å². The quantitative estimate of drug-likeness (QED) is 0.722. The zero-order chi connectivity index (χ0) is 15.1. The summed E-state index contributed by atoms with van der Waals surface area (Å²) in [5.41, 5.74) is 1.41. The lowest BCUT2D eigenvalue weighted by Gasteiger charge is -2.14. The van der Waals surface area contributed by atoms with Gasteiger partial charge in [-0.15, -0.1) is 0 Å². The number of carbonyl (C=O) groups excluding carboxylic acids is 1. The number of hydrogen-bond acceptors (Lipinski definition) is 3. The molecular formula is C14H19ClN2O3. The number of amides is 1. The molecule has 0 radical (unpaired) electrons. The SMILES string of the molecule is CCCC(NCC(=O)Nc1cccc(Cl)c1C)C(=O)O. The Hall–Kier alpha value is -1.59. The number of nitrogens with one attached hydrogen (secondary N) is 2. The van der Waals surface area contributed by atoms with E-state index in [1.807, 2.05) is 13.8 Å². The molecule has 5 nitrogen and oxygen atoms in total. The highest BCUT2D eigenvalue weighted by atomic mass is 35.5. The van der Waals surface area contributed by atoms with Gasteiger partial charge in [-0.1, -0.05) is 31.0 Å². The van der Waals surface area contributed by atoms with Gasteiger partial charge in [0.15, 0.2) is 0 Å². The van der Waals surface area contributed by atoms with Gasteiger partial charge in [0.25, 0.3) is 0 Å². The zero-order valence-electron chi connectivity index (χ0n) is 11.6. The number of carboxylic acids is 1. The van der Waals surface area contributed by atoms with Gasteiger partial charge >= 0.3 is 5.97 Å². The molecular weight excluding hydrogens is 280 g/mol. The third kappa shape index (κ3) is 4.83. The maximum Gasteiger partial charge on any atom is 0.320 e. The molecule has 1 aromatic carbocycles. The van der Waals surface area contributed by atoms with E-state index in [0.717, 1.165) is 12.0 Å². The van der Waals surface area contributed by atoms with E-state index in [0.29, 0.717) is 17.1 Å². The first-order valence-corrected chi connectivity index (χ1v) is 6.84. The Balaban J connectivity index is 2.55. The van der Waals surface area contributed by atoms with E-state index in [2.05, 4.69) is 10.6 Å². The molecule has 6 heteroatoms. The molecule has 0 fully saturated rings. The number of carbonyl (C=O) groups is 2. The summed E-state index contributed by atoms with van der Waals surface area (Å²) in [5.74, 6) is -1.24. The minimum absolute atomic E-state index is 0.0527. The van der Waals surface area contributed by atoms with Crippen molar-refractivity contribution in [3.05, 3.63) is 28.8 Å². The standard InChI is InChI=1S/C14H19ClN2O3/c1-3-5-12(14(19)20)16-8-13(18)17-11-7-4-6-10(15)9(11)2/h4,6-7,12,16H,3,5,8H2,1-2H3,(H,17,18)(H,19,20). The van der Waals surface area contributed by atoms with Crippen LogP contribution in [-0.4, -0.2) is 29.6 Å². The monoisotopic (exact) mass is 298 g/mol. The summed E-state index contributed by atoms with van der Waals surface area (Å²) in [4.78, 5) is 22.7. The Morgan fingerprint density at radius 2 is 2.10 bits per heavy atom. The topological polar surface area (TPSA) is 78.4 Å². The molecule has 20 heavy (non-hydrogen) atoms. The summed E-state index contributed by atoms with van der Waals surface area (Å²) in [7, 11) is 0. The Morgan fingerprint density at radius 1 is 1.40 bits per heavy atom. The fourth-order valence-electron chi connectivity index (χ4n) is 1.75. The minimum Gasteiger partial charge on any atom is -0.480 e. The van der Waals surface area contributed by atoms with Gasteiger partial charge in [0.1, 0.15) is 6.04 Å². The van der Waals surface area contributed by atoms with E-state index in [1.54, 1.807) is 18.2 Å². The maximum absolute atomic E-state index is 11.8. The molecule has 0 spiro atoms. The maximum atomic E-state index is 11.8. The van der Waals surface area contributed by atoms with E-state index in [-0.39, 0.29) is 12.5 Å². The summed E-state index contributed by atoms with van der Waals surface area (Å²) >= 11 is 5.96. The largest absolute Gasteiger partial charge is 0.480 e. The summed E-state index contributed by atoms with van der Waals surface area (Å²) in [6.07, 6.45) is 1.22. The zero-order valence-corrected chi connectivity index (χ0v) is 12.3. The van der Waals surface area contributed by atoms with E-state index in [9.17, 15) is 9.59 Å². The second-order valence-corrected chi connectivity index (χ2v) is 4.93. The van der Waals surface area contributed by atoms with Crippen molar-refractivity contribution in [1.82, 2.24) is 5.32 Å².